The molecule has 4 nitrogen and oxygen atoms in total. The van der Waals surface area contributed by atoms with Gasteiger partial charge in [0.2, 0.25) is 0 Å². The van der Waals surface area contributed by atoms with E-state index in [1.54, 1.807) is 18.6 Å². The molecule has 1 aromatic carbocycles. The lowest BCUT2D eigenvalue weighted by Gasteiger charge is -2.25. The molecule has 1 aliphatic rings. The highest BCUT2D eigenvalue weighted by Gasteiger charge is 2.30. The maximum absolute atomic E-state index is 13.2. The van der Waals surface area contributed by atoms with E-state index in [9.17, 15) is 4.79 Å². The molecule has 1 fully saturated rings. The summed E-state index contributed by atoms with van der Waals surface area (Å²) >= 11 is 0. The maximum Gasteiger partial charge on any atom is 0.254 e. The van der Waals surface area contributed by atoms with Crippen molar-refractivity contribution in [3.8, 4) is 0 Å². The van der Waals surface area contributed by atoms with Crippen LogP contribution in [0.1, 0.15) is 34.3 Å². The molecule has 1 atom stereocenters. The Labute approximate surface area is 147 Å². The highest BCUT2D eigenvalue weighted by Crippen LogP contribution is 2.25. The van der Waals surface area contributed by atoms with Crippen molar-refractivity contribution in [2.24, 2.45) is 0 Å². The van der Waals surface area contributed by atoms with Crippen molar-refractivity contribution in [2.45, 2.75) is 32.2 Å². The van der Waals surface area contributed by atoms with Crippen molar-refractivity contribution in [3.63, 3.8) is 0 Å². The van der Waals surface area contributed by atoms with Crippen molar-refractivity contribution in [1.82, 2.24) is 14.9 Å². The number of rotatable bonds is 3. The van der Waals surface area contributed by atoms with Crippen LogP contribution in [0.3, 0.4) is 0 Å². The molecule has 25 heavy (non-hydrogen) atoms. The number of fused-ring (bicyclic) bond motifs is 1. The summed E-state index contributed by atoms with van der Waals surface area (Å²) in [5, 5.41) is 0.830. The molecule has 0 N–H and O–H groups in total. The topological polar surface area (TPSA) is 46.1 Å². The van der Waals surface area contributed by atoms with Gasteiger partial charge in [-0.2, -0.15) is 0 Å². The molecule has 1 amide bonds. The monoisotopic (exact) mass is 331 g/mol. The molecular formula is C21H21N3O. The second-order valence-electron chi connectivity index (χ2n) is 6.74. The van der Waals surface area contributed by atoms with Crippen LogP contribution in [0.4, 0.5) is 0 Å². The second-order valence-corrected chi connectivity index (χ2v) is 6.74. The van der Waals surface area contributed by atoms with E-state index < -0.39 is 0 Å². The Kier molecular flexibility index (Phi) is 4.18. The SMILES string of the molecule is Cc1ccc(CC2CCCN2C(=O)c2ccnc3ccncc23)cc1. The van der Waals surface area contributed by atoms with Crippen LogP contribution in [0.15, 0.2) is 55.0 Å². The van der Waals surface area contributed by atoms with Gasteiger partial charge < -0.3 is 4.90 Å². The molecule has 1 unspecified atom stereocenters. The van der Waals surface area contributed by atoms with Crippen molar-refractivity contribution in [2.75, 3.05) is 6.54 Å². The van der Waals surface area contributed by atoms with E-state index in [0.717, 1.165) is 36.7 Å². The summed E-state index contributed by atoms with van der Waals surface area (Å²) in [6.45, 7) is 2.91. The lowest BCUT2D eigenvalue weighted by molar-refractivity contribution is 0.0738. The Hall–Kier alpha value is -2.75. The van der Waals surface area contributed by atoms with E-state index in [0.29, 0.717) is 5.56 Å². The van der Waals surface area contributed by atoms with E-state index in [2.05, 4.69) is 41.2 Å². The van der Waals surface area contributed by atoms with Gasteiger partial charge in [0.25, 0.3) is 5.91 Å². The minimum absolute atomic E-state index is 0.0926. The van der Waals surface area contributed by atoms with Crippen LogP contribution in [0.25, 0.3) is 10.9 Å². The smallest absolute Gasteiger partial charge is 0.254 e. The van der Waals surface area contributed by atoms with Gasteiger partial charge in [-0.3, -0.25) is 14.8 Å². The van der Waals surface area contributed by atoms with E-state index in [-0.39, 0.29) is 11.9 Å². The molecule has 4 rings (SSSR count). The lowest BCUT2D eigenvalue weighted by atomic mass is 10.0. The fraction of sp³-hybridized carbons (Fsp3) is 0.286. The molecule has 0 aliphatic carbocycles. The molecule has 3 heterocycles. The largest absolute Gasteiger partial charge is 0.335 e. The van der Waals surface area contributed by atoms with Gasteiger partial charge in [-0.05, 0) is 43.9 Å². The first-order valence-corrected chi connectivity index (χ1v) is 8.77. The third-order valence-electron chi connectivity index (χ3n) is 5.00. The van der Waals surface area contributed by atoms with Gasteiger partial charge >= 0.3 is 0 Å². The fourth-order valence-electron chi connectivity index (χ4n) is 3.64. The van der Waals surface area contributed by atoms with E-state index in [1.807, 2.05) is 17.0 Å². The number of aryl methyl sites for hydroxylation is 1. The highest BCUT2D eigenvalue weighted by molar-refractivity contribution is 6.05. The molecule has 1 saturated heterocycles. The number of hydrogen-bond acceptors (Lipinski definition) is 3. The van der Waals surface area contributed by atoms with Crippen LogP contribution in [0.5, 0.6) is 0 Å². The number of carbonyl (C=O) groups excluding carboxylic acids is 1. The molecule has 1 aliphatic heterocycles. The number of amides is 1. The van der Waals surface area contributed by atoms with Crippen LogP contribution in [0, 0.1) is 6.92 Å². The molecular weight excluding hydrogens is 310 g/mol. The summed E-state index contributed by atoms with van der Waals surface area (Å²) in [6, 6.07) is 12.5. The third-order valence-corrected chi connectivity index (χ3v) is 5.00. The minimum atomic E-state index is 0.0926. The molecule has 0 radical (unpaired) electrons. The molecule has 0 bridgehead atoms. The first-order chi connectivity index (χ1) is 12.2. The zero-order valence-corrected chi connectivity index (χ0v) is 14.4. The molecule has 3 aromatic rings. The second kappa shape index (κ2) is 6.63. The quantitative estimate of drug-likeness (QED) is 0.733. The first kappa shape index (κ1) is 15.8. The van der Waals surface area contributed by atoms with Crippen LogP contribution in [-0.4, -0.2) is 33.4 Å². The number of pyridine rings is 2. The Morgan fingerprint density at radius 2 is 2.00 bits per heavy atom. The molecule has 126 valence electrons. The molecule has 4 heteroatoms. The number of carbonyl (C=O) groups is 1. The van der Waals surface area contributed by atoms with Gasteiger partial charge in [-0.1, -0.05) is 29.8 Å². The van der Waals surface area contributed by atoms with Crippen molar-refractivity contribution >= 4 is 16.8 Å². The molecule has 2 aromatic heterocycles. The van der Waals surface area contributed by atoms with Gasteiger partial charge in [0.1, 0.15) is 0 Å². The third kappa shape index (κ3) is 3.12. The number of aromatic nitrogens is 2. The summed E-state index contributed by atoms with van der Waals surface area (Å²) in [5.41, 5.74) is 4.07. The Balaban J connectivity index is 1.61. The summed E-state index contributed by atoms with van der Waals surface area (Å²) in [4.78, 5) is 23.7. The van der Waals surface area contributed by atoms with E-state index in [4.69, 9.17) is 0 Å². The fourth-order valence-corrected chi connectivity index (χ4v) is 3.64. The van der Waals surface area contributed by atoms with Crippen molar-refractivity contribution in [1.29, 1.82) is 0 Å². The van der Waals surface area contributed by atoms with Crippen LogP contribution < -0.4 is 0 Å². The van der Waals surface area contributed by atoms with Crippen LogP contribution in [-0.2, 0) is 6.42 Å². The number of likely N-dealkylation sites (tertiary alicyclic amines) is 1. The van der Waals surface area contributed by atoms with Crippen LogP contribution >= 0.6 is 0 Å². The highest BCUT2D eigenvalue weighted by atomic mass is 16.2. The number of benzene rings is 1. The Morgan fingerprint density at radius 3 is 2.84 bits per heavy atom. The normalized spacial score (nSPS) is 17.2. The number of nitrogens with zero attached hydrogens (tertiary/aromatic N) is 3. The predicted octanol–water partition coefficient (Wildman–Crippen LogP) is 3.79. The van der Waals surface area contributed by atoms with Gasteiger partial charge in [0.15, 0.2) is 0 Å². The van der Waals surface area contributed by atoms with E-state index in [1.165, 1.54) is 11.1 Å². The average Bonchev–Trinajstić information content (AvgIpc) is 3.10. The maximum atomic E-state index is 13.2. The molecule has 0 saturated carbocycles. The minimum Gasteiger partial charge on any atom is -0.335 e. The Bertz CT molecular complexity index is 899. The van der Waals surface area contributed by atoms with Gasteiger partial charge in [0.05, 0.1) is 11.1 Å². The predicted molar refractivity (Wildman–Crippen MR) is 98.5 cm³/mol. The van der Waals surface area contributed by atoms with Gasteiger partial charge in [0, 0.05) is 36.6 Å². The van der Waals surface area contributed by atoms with Crippen molar-refractivity contribution in [3.05, 3.63) is 71.7 Å². The standard InChI is InChI=1S/C21H21N3O/c1-15-4-6-16(7-5-15)13-17-3-2-12-24(17)21(25)18-8-11-23-20-9-10-22-14-19(18)20/h4-11,14,17H,2-3,12-13H2,1H3. The number of hydrogen-bond donors (Lipinski definition) is 0. The Morgan fingerprint density at radius 1 is 1.16 bits per heavy atom. The summed E-state index contributed by atoms with van der Waals surface area (Å²) < 4.78 is 0. The lowest BCUT2D eigenvalue weighted by Crippen LogP contribution is -2.37. The zero-order chi connectivity index (χ0) is 17.2. The average molecular weight is 331 g/mol. The van der Waals surface area contributed by atoms with Crippen molar-refractivity contribution < 1.29 is 4.79 Å². The van der Waals surface area contributed by atoms with Crippen LogP contribution in [0.2, 0.25) is 0 Å². The van der Waals surface area contributed by atoms with Gasteiger partial charge in [-0.15, -0.1) is 0 Å². The summed E-state index contributed by atoms with van der Waals surface area (Å²) in [6.07, 6.45) is 8.18. The van der Waals surface area contributed by atoms with Gasteiger partial charge in [-0.25, -0.2) is 0 Å². The van der Waals surface area contributed by atoms with E-state index >= 15 is 0 Å². The first-order valence-electron chi connectivity index (χ1n) is 8.77. The summed E-state index contributed by atoms with van der Waals surface area (Å²) in [5.74, 6) is 0.0926. The summed E-state index contributed by atoms with van der Waals surface area (Å²) in [7, 11) is 0. The zero-order valence-electron chi connectivity index (χ0n) is 14.4. The molecule has 0 spiro atoms.